The van der Waals surface area contributed by atoms with E-state index in [9.17, 15) is 0 Å². The Hall–Kier alpha value is -0.530. The Bertz CT molecular complexity index is 130. The van der Waals surface area contributed by atoms with Gasteiger partial charge in [-0.2, -0.15) is 0 Å². The van der Waals surface area contributed by atoms with Crippen molar-refractivity contribution in [2.45, 2.75) is 0 Å². The van der Waals surface area contributed by atoms with Crippen LogP contribution in [0.15, 0.2) is 38.1 Å². The van der Waals surface area contributed by atoms with Crippen LogP contribution in [0, 0.1) is 0 Å². The number of likely N-dealkylation sites (N-methyl/N-ethyl adjacent to an activating group) is 1. The largest absolute Gasteiger partial charge is 1.00 e. The van der Waals surface area contributed by atoms with E-state index in [0.29, 0.717) is 0 Å². The Kier molecular flexibility index (Phi) is 7.37. The van der Waals surface area contributed by atoms with Gasteiger partial charge in [0.05, 0.1) is 13.2 Å². The van der Waals surface area contributed by atoms with Crippen LogP contribution in [0.25, 0.3) is 0 Å². The van der Waals surface area contributed by atoms with Gasteiger partial charge in [-0.25, -0.2) is 0 Å². The van der Waals surface area contributed by atoms with Gasteiger partial charge in [0.2, 0.25) is 0 Å². The van der Waals surface area contributed by atoms with Gasteiger partial charge in [0.25, 0.3) is 0 Å². The molecule has 0 spiro atoms. The van der Waals surface area contributed by atoms with Gasteiger partial charge in [0.1, 0.15) is 13.1 Å². The molecule has 0 saturated heterocycles. The topological polar surface area (TPSA) is 0 Å². The molecule has 0 aromatic heterocycles. The molecule has 0 N–H and O–H groups in total. The zero-order valence-corrected chi connectivity index (χ0v) is 7.85. The summed E-state index contributed by atoms with van der Waals surface area (Å²) in [6, 6.07) is 0. The molecule has 0 atom stereocenters. The molecule has 0 bridgehead atoms. The SMILES string of the molecule is C=CC[N+](C)(C=C)CC=C.[Cl-]. The lowest BCUT2D eigenvalue weighted by molar-refractivity contribution is -0.847. The minimum Gasteiger partial charge on any atom is -1.00 e. The molecule has 0 fully saturated rings. The minimum absolute atomic E-state index is 0. The number of rotatable bonds is 5. The van der Waals surface area contributed by atoms with Crippen molar-refractivity contribution >= 4 is 0 Å². The van der Waals surface area contributed by atoms with Gasteiger partial charge >= 0.3 is 0 Å². The summed E-state index contributed by atoms with van der Waals surface area (Å²) in [6.07, 6.45) is 5.69. The lowest BCUT2D eigenvalue weighted by Crippen LogP contribution is -3.00. The average Bonchev–Trinajstić information content (AvgIpc) is 1.89. The van der Waals surface area contributed by atoms with Crippen LogP contribution in [0.4, 0.5) is 0 Å². The van der Waals surface area contributed by atoms with Crippen molar-refractivity contribution in [2.24, 2.45) is 0 Å². The Labute approximate surface area is 75.7 Å². The fraction of sp³-hybridized carbons (Fsp3) is 0.333. The van der Waals surface area contributed by atoms with Crippen molar-refractivity contribution in [2.75, 3.05) is 20.1 Å². The van der Waals surface area contributed by atoms with Crippen LogP contribution in [0.5, 0.6) is 0 Å². The Morgan fingerprint density at radius 3 is 1.64 bits per heavy atom. The van der Waals surface area contributed by atoms with Crippen molar-refractivity contribution < 1.29 is 16.9 Å². The summed E-state index contributed by atoms with van der Waals surface area (Å²) in [5, 5.41) is 0. The molecule has 0 radical (unpaired) electrons. The number of nitrogens with zero attached hydrogens (tertiary/aromatic N) is 1. The van der Waals surface area contributed by atoms with Gasteiger partial charge in [-0.1, -0.05) is 13.2 Å². The van der Waals surface area contributed by atoms with E-state index in [1.54, 1.807) is 0 Å². The van der Waals surface area contributed by atoms with Crippen LogP contribution >= 0.6 is 0 Å². The van der Waals surface area contributed by atoms with Crippen molar-refractivity contribution in [3.05, 3.63) is 38.1 Å². The Morgan fingerprint density at radius 2 is 1.45 bits per heavy atom. The highest BCUT2D eigenvalue weighted by atomic mass is 35.5. The molecule has 0 aromatic carbocycles. The molecule has 0 saturated carbocycles. The van der Waals surface area contributed by atoms with Gasteiger partial charge in [-0.3, -0.25) is 4.48 Å². The quantitative estimate of drug-likeness (QED) is 0.368. The number of hydrogen-bond donors (Lipinski definition) is 0. The third-order valence-corrected chi connectivity index (χ3v) is 1.53. The predicted molar refractivity (Wildman–Crippen MR) is 46.5 cm³/mol. The molecule has 0 unspecified atom stereocenters. The van der Waals surface area contributed by atoms with E-state index in [1.165, 1.54) is 0 Å². The van der Waals surface area contributed by atoms with E-state index < -0.39 is 0 Å². The van der Waals surface area contributed by atoms with Crippen molar-refractivity contribution in [1.82, 2.24) is 0 Å². The molecular formula is C9H16ClN. The predicted octanol–water partition coefficient (Wildman–Crippen LogP) is -1.05. The van der Waals surface area contributed by atoms with Gasteiger partial charge in [0.15, 0.2) is 0 Å². The minimum atomic E-state index is 0. The molecule has 64 valence electrons. The second-order valence-corrected chi connectivity index (χ2v) is 2.60. The Balaban J connectivity index is 0. The molecule has 2 heteroatoms. The van der Waals surface area contributed by atoms with Crippen LogP contribution in [-0.2, 0) is 0 Å². The van der Waals surface area contributed by atoms with Crippen molar-refractivity contribution in [1.29, 1.82) is 0 Å². The molecule has 0 aromatic rings. The second-order valence-electron chi connectivity index (χ2n) is 2.60. The average molecular weight is 174 g/mol. The fourth-order valence-corrected chi connectivity index (χ4v) is 0.813. The standard InChI is InChI=1S/C9H16N.ClH/c1-5-8-10(4,7-3)9-6-2;/h5-7H,1-3,8-9H2,4H3;1H/q+1;/p-1. The highest BCUT2D eigenvalue weighted by Crippen LogP contribution is 2.01. The summed E-state index contributed by atoms with van der Waals surface area (Å²) in [5.41, 5.74) is 0. The first-order chi connectivity index (χ1) is 4.68. The van der Waals surface area contributed by atoms with E-state index in [1.807, 2.05) is 18.4 Å². The van der Waals surface area contributed by atoms with Crippen LogP contribution < -0.4 is 12.4 Å². The maximum atomic E-state index is 3.75. The highest BCUT2D eigenvalue weighted by molar-refractivity contribution is 4.74. The fourth-order valence-electron chi connectivity index (χ4n) is 0.813. The van der Waals surface area contributed by atoms with Gasteiger partial charge < -0.3 is 12.4 Å². The van der Waals surface area contributed by atoms with Gasteiger partial charge in [-0.15, -0.1) is 0 Å². The monoisotopic (exact) mass is 173 g/mol. The second kappa shape index (κ2) is 6.20. The molecule has 0 heterocycles. The van der Waals surface area contributed by atoms with E-state index >= 15 is 0 Å². The van der Waals surface area contributed by atoms with Crippen molar-refractivity contribution in [3.8, 4) is 0 Å². The maximum absolute atomic E-state index is 3.75. The molecule has 0 amide bonds. The van der Waals surface area contributed by atoms with Crippen LogP contribution in [-0.4, -0.2) is 24.6 Å². The first-order valence-electron chi connectivity index (χ1n) is 3.38. The molecule has 0 aliphatic heterocycles. The highest BCUT2D eigenvalue weighted by Gasteiger charge is 2.11. The summed E-state index contributed by atoms with van der Waals surface area (Å²) in [4.78, 5) is 0. The molecule has 0 rings (SSSR count). The third kappa shape index (κ3) is 4.82. The van der Waals surface area contributed by atoms with Crippen LogP contribution in [0.3, 0.4) is 0 Å². The van der Waals surface area contributed by atoms with E-state index in [0.717, 1.165) is 17.6 Å². The number of quaternary nitrogens is 1. The summed E-state index contributed by atoms with van der Waals surface area (Å²) >= 11 is 0. The first-order valence-corrected chi connectivity index (χ1v) is 3.38. The molecule has 0 aliphatic carbocycles. The van der Waals surface area contributed by atoms with E-state index in [2.05, 4.69) is 26.8 Å². The lowest BCUT2D eigenvalue weighted by atomic mass is 10.4. The zero-order chi connectivity index (χ0) is 8.04. The molecular weight excluding hydrogens is 158 g/mol. The summed E-state index contributed by atoms with van der Waals surface area (Å²) in [6.45, 7) is 12.9. The Morgan fingerprint density at radius 1 is 1.09 bits per heavy atom. The lowest BCUT2D eigenvalue weighted by Gasteiger charge is -2.26. The normalized spacial score (nSPS) is 9.55. The van der Waals surface area contributed by atoms with Gasteiger partial charge in [-0.05, 0) is 18.7 Å². The first kappa shape index (κ1) is 13.1. The number of halogens is 1. The summed E-state index contributed by atoms with van der Waals surface area (Å²) in [5.74, 6) is 0. The zero-order valence-electron chi connectivity index (χ0n) is 7.09. The summed E-state index contributed by atoms with van der Waals surface area (Å²) < 4.78 is 0.785. The van der Waals surface area contributed by atoms with Crippen molar-refractivity contribution in [3.63, 3.8) is 0 Å². The molecule has 11 heavy (non-hydrogen) atoms. The van der Waals surface area contributed by atoms with Crippen LogP contribution in [0.1, 0.15) is 0 Å². The maximum Gasteiger partial charge on any atom is 0.101 e. The van der Waals surface area contributed by atoms with E-state index in [4.69, 9.17) is 0 Å². The van der Waals surface area contributed by atoms with Crippen LogP contribution in [0.2, 0.25) is 0 Å². The van der Waals surface area contributed by atoms with E-state index in [-0.39, 0.29) is 12.4 Å². The molecule has 0 aliphatic rings. The summed E-state index contributed by atoms with van der Waals surface area (Å²) in [7, 11) is 2.09. The number of hydrogen-bond acceptors (Lipinski definition) is 0. The molecule has 1 nitrogen and oxygen atoms in total. The van der Waals surface area contributed by atoms with Gasteiger partial charge in [0, 0.05) is 0 Å². The smallest absolute Gasteiger partial charge is 0.101 e. The third-order valence-electron chi connectivity index (χ3n) is 1.53.